The number of halogens is 2. The number of rotatable bonds is 4. The Kier molecular flexibility index (Phi) is 9.50. The Labute approximate surface area is 162 Å². The number of piperazine rings is 1. The second kappa shape index (κ2) is 10.8. The lowest BCUT2D eigenvalue weighted by molar-refractivity contribution is -0.132. The molecule has 0 radical (unpaired) electrons. The van der Waals surface area contributed by atoms with Gasteiger partial charge < -0.3 is 15.5 Å². The summed E-state index contributed by atoms with van der Waals surface area (Å²) in [4.78, 5) is 23.3. The van der Waals surface area contributed by atoms with Crippen LogP contribution in [0.3, 0.4) is 0 Å². The lowest BCUT2D eigenvalue weighted by Crippen LogP contribution is -2.48. The fraction of sp³-hybridized carbons (Fsp3) is 0.647. The van der Waals surface area contributed by atoms with Crippen LogP contribution in [0.2, 0.25) is 0 Å². The summed E-state index contributed by atoms with van der Waals surface area (Å²) in [5, 5.41) is 0. The summed E-state index contributed by atoms with van der Waals surface area (Å²) < 4.78 is 0. The largest absolute Gasteiger partial charge is 0.354 e. The molecule has 25 heavy (non-hydrogen) atoms. The van der Waals surface area contributed by atoms with Crippen molar-refractivity contribution in [2.75, 3.05) is 50.7 Å². The first-order valence-corrected chi connectivity index (χ1v) is 8.64. The summed E-state index contributed by atoms with van der Waals surface area (Å²) in [5.41, 5.74) is 5.89. The number of likely N-dealkylation sites (tertiary alicyclic amines) is 1. The first-order valence-electron chi connectivity index (χ1n) is 8.64. The number of carbonyl (C=O) groups is 1. The van der Waals surface area contributed by atoms with Crippen molar-refractivity contribution in [2.24, 2.45) is 5.73 Å². The van der Waals surface area contributed by atoms with Crippen LogP contribution >= 0.6 is 24.8 Å². The Hall–Kier alpha value is -1.08. The van der Waals surface area contributed by atoms with E-state index < -0.39 is 0 Å². The van der Waals surface area contributed by atoms with Gasteiger partial charge in [-0.1, -0.05) is 6.07 Å². The van der Waals surface area contributed by atoms with Crippen molar-refractivity contribution in [2.45, 2.75) is 25.3 Å². The minimum Gasteiger partial charge on any atom is -0.354 e. The average molecular weight is 390 g/mol. The van der Waals surface area contributed by atoms with Gasteiger partial charge in [-0.05, 0) is 25.0 Å². The molecule has 1 amide bonds. The van der Waals surface area contributed by atoms with Gasteiger partial charge in [-0.3, -0.25) is 9.69 Å². The SMILES string of the molecule is Cl.Cl.NC1CCN(C(=O)CCN2CCN(c3ccccn3)CC2)CC1. The zero-order chi connectivity index (χ0) is 16.1. The van der Waals surface area contributed by atoms with E-state index in [0.717, 1.165) is 64.5 Å². The number of amides is 1. The van der Waals surface area contributed by atoms with Gasteiger partial charge in [0.25, 0.3) is 0 Å². The molecule has 2 N–H and O–H groups in total. The van der Waals surface area contributed by atoms with E-state index >= 15 is 0 Å². The highest BCUT2D eigenvalue weighted by Crippen LogP contribution is 2.13. The minimum absolute atomic E-state index is 0. The molecular weight excluding hydrogens is 361 g/mol. The van der Waals surface area contributed by atoms with E-state index in [1.807, 2.05) is 23.2 Å². The molecule has 3 rings (SSSR count). The Morgan fingerprint density at radius 1 is 1.08 bits per heavy atom. The zero-order valence-corrected chi connectivity index (χ0v) is 16.2. The minimum atomic E-state index is 0. The molecular formula is C17H29Cl2N5O. The highest BCUT2D eigenvalue weighted by atomic mass is 35.5. The van der Waals surface area contributed by atoms with Gasteiger partial charge in [0.15, 0.2) is 0 Å². The van der Waals surface area contributed by atoms with Crippen molar-refractivity contribution in [1.29, 1.82) is 0 Å². The van der Waals surface area contributed by atoms with Crippen molar-refractivity contribution in [3.05, 3.63) is 24.4 Å². The third kappa shape index (κ3) is 6.29. The Morgan fingerprint density at radius 3 is 2.36 bits per heavy atom. The van der Waals surface area contributed by atoms with Crippen LogP contribution in [0.25, 0.3) is 0 Å². The summed E-state index contributed by atoms with van der Waals surface area (Å²) >= 11 is 0. The van der Waals surface area contributed by atoms with Crippen LogP contribution in [0.5, 0.6) is 0 Å². The molecule has 1 aromatic heterocycles. The summed E-state index contributed by atoms with van der Waals surface area (Å²) in [6.45, 7) is 6.45. The van der Waals surface area contributed by atoms with E-state index in [4.69, 9.17) is 5.73 Å². The van der Waals surface area contributed by atoms with Gasteiger partial charge >= 0.3 is 0 Å². The zero-order valence-electron chi connectivity index (χ0n) is 14.5. The first-order chi connectivity index (χ1) is 11.2. The molecule has 2 saturated heterocycles. The molecule has 2 aliphatic heterocycles. The maximum atomic E-state index is 12.3. The van der Waals surface area contributed by atoms with Crippen LogP contribution in [-0.4, -0.2) is 72.5 Å². The lowest BCUT2D eigenvalue weighted by atomic mass is 10.1. The van der Waals surface area contributed by atoms with Gasteiger partial charge in [-0.15, -0.1) is 24.8 Å². The van der Waals surface area contributed by atoms with Crippen LogP contribution in [0.4, 0.5) is 5.82 Å². The van der Waals surface area contributed by atoms with Crippen molar-refractivity contribution < 1.29 is 4.79 Å². The summed E-state index contributed by atoms with van der Waals surface area (Å²) in [6, 6.07) is 6.30. The Morgan fingerprint density at radius 2 is 1.76 bits per heavy atom. The van der Waals surface area contributed by atoms with E-state index in [-0.39, 0.29) is 36.8 Å². The number of pyridine rings is 1. The quantitative estimate of drug-likeness (QED) is 0.842. The Balaban J connectivity index is 0.00000156. The first kappa shape index (κ1) is 22.0. The number of hydrogen-bond donors (Lipinski definition) is 1. The van der Waals surface area contributed by atoms with Crippen molar-refractivity contribution >= 4 is 36.5 Å². The van der Waals surface area contributed by atoms with E-state index in [2.05, 4.69) is 20.9 Å². The van der Waals surface area contributed by atoms with Crippen LogP contribution < -0.4 is 10.6 Å². The van der Waals surface area contributed by atoms with Gasteiger partial charge in [-0.25, -0.2) is 4.98 Å². The predicted octanol–water partition coefficient (Wildman–Crippen LogP) is 1.39. The van der Waals surface area contributed by atoms with E-state index in [0.29, 0.717) is 6.42 Å². The third-order valence-corrected chi connectivity index (χ3v) is 4.88. The van der Waals surface area contributed by atoms with Crippen molar-refractivity contribution in [3.8, 4) is 0 Å². The van der Waals surface area contributed by atoms with Crippen molar-refractivity contribution in [3.63, 3.8) is 0 Å². The molecule has 8 heteroatoms. The lowest BCUT2D eigenvalue weighted by Gasteiger charge is -2.36. The molecule has 3 heterocycles. The summed E-state index contributed by atoms with van der Waals surface area (Å²) in [6.07, 6.45) is 4.34. The number of hydrogen-bond acceptors (Lipinski definition) is 5. The number of nitrogens with two attached hydrogens (primary N) is 1. The predicted molar refractivity (Wildman–Crippen MR) is 106 cm³/mol. The molecule has 0 spiro atoms. The number of aromatic nitrogens is 1. The molecule has 0 aromatic carbocycles. The summed E-state index contributed by atoms with van der Waals surface area (Å²) in [5.74, 6) is 1.33. The highest BCUT2D eigenvalue weighted by molar-refractivity contribution is 5.85. The van der Waals surface area contributed by atoms with Crippen LogP contribution in [0.15, 0.2) is 24.4 Å². The number of nitrogens with zero attached hydrogens (tertiary/aromatic N) is 4. The fourth-order valence-corrected chi connectivity index (χ4v) is 3.30. The number of anilines is 1. The second-order valence-corrected chi connectivity index (χ2v) is 6.48. The number of piperidine rings is 1. The van der Waals surface area contributed by atoms with Gasteiger partial charge in [0.1, 0.15) is 5.82 Å². The van der Waals surface area contributed by atoms with Crippen LogP contribution in [0.1, 0.15) is 19.3 Å². The van der Waals surface area contributed by atoms with Gasteiger partial charge in [0.2, 0.25) is 5.91 Å². The molecule has 0 aliphatic carbocycles. The standard InChI is InChI=1S/C17H27N5O.2ClH/c18-15-4-9-22(10-5-15)17(23)6-8-20-11-13-21(14-12-20)16-3-1-2-7-19-16;;/h1-3,7,15H,4-6,8-14,18H2;2*1H. The molecule has 0 saturated carbocycles. The highest BCUT2D eigenvalue weighted by Gasteiger charge is 2.22. The van der Waals surface area contributed by atoms with Crippen molar-refractivity contribution in [1.82, 2.24) is 14.8 Å². The van der Waals surface area contributed by atoms with Crippen LogP contribution in [0, 0.1) is 0 Å². The van der Waals surface area contributed by atoms with Gasteiger partial charge in [0.05, 0.1) is 0 Å². The molecule has 0 atom stereocenters. The normalized spacial score (nSPS) is 19.1. The van der Waals surface area contributed by atoms with Gasteiger partial charge in [0, 0.05) is 64.5 Å². The molecule has 2 fully saturated rings. The van der Waals surface area contributed by atoms with Gasteiger partial charge in [-0.2, -0.15) is 0 Å². The Bertz CT molecular complexity index is 503. The smallest absolute Gasteiger partial charge is 0.223 e. The monoisotopic (exact) mass is 389 g/mol. The molecule has 1 aromatic rings. The third-order valence-electron chi connectivity index (χ3n) is 4.88. The van der Waals surface area contributed by atoms with E-state index in [1.54, 1.807) is 0 Å². The maximum absolute atomic E-state index is 12.3. The summed E-state index contributed by atoms with van der Waals surface area (Å²) in [7, 11) is 0. The molecule has 2 aliphatic rings. The van der Waals surface area contributed by atoms with E-state index in [1.165, 1.54) is 0 Å². The molecule has 6 nitrogen and oxygen atoms in total. The number of carbonyl (C=O) groups excluding carboxylic acids is 1. The molecule has 0 bridgehead atoms. The molecule has 0 unspecified atom stereocenters. The topological polar surface area (TPSA) is 65.7 Å². The fourth-order valence-electron chi connectivity index (χ4n) is 3.30. The average Bonchev–Trinajstić information content (AvgIpc) is 2.61. The second-order valence-electron chi connectivity index (χ2n) is 6.48. The van der Waals surface area contributed by atoms with E-state index in [9.17, 15) is 4.79 Å². The van der Waals surface area contributed by atoms with Crippen LogP contribution in [-0.2, 0) is 4.79 Å². The molecule has 142 valence electrons. The maximum Gasteiger partial charge on any atom is 0.223 e.